The summed E-state index contributed by atoms with van der Waals surface area (Å²) in [5.41, 5.74) is 0. The first kappa shape index (κ1) is 7.17. The van der Waals surface area contributed by atoms with Crippen molar-refractivity contribution in [3.05, 3.63) is 24.2 Å². The highest BCUT2D eigenvalue weighted by Gasteiger charge is 1.85. The Morgan fingerprint density at radius 3 is 2.62 bits per heavy atom. The molecule has 0 aliphatic carbocycles. The Bertz CT molecular complexity index is 125. The Morgan fingerprint density at radius 2 is 2.38 bits per heavy atom. The van der Waals surface area contributed by atoms with Gasteiger partial charge in [-0.15, -0.1) is 0 Å². The summed E-state index contributed by atoms with van der Waals surface area (Å²) in [6.07, 6.45) is 1.53. The second kappa shape index (κ2) is 3.21. The molecule has 1 aromatic heterocycles. The lowest BCUT2D eigenvalue weighted by Gasteiger charge is -1.79. The third kappa shape index (κ3) is 1.35. The number of aliphatic hydroxyl groups is 1. The minimum Gasteiger partial charge on any atom is -0.467 e. The first-order valence-corrected chi connectivity index (χ1v) is 2.06. The zero-order valence-electron chi connectivity index (χ0n) is 4.20. The van der Waals surface area contributed by atoms with E-state index in [0.717, 1.165) is 0 Å². The number of furan rings is 1. The van der Waals surface area contributed by atoms with Gasteiger partial charge in [0.05, 0.1) is 6.26 Å². The van der Waals surface area contributed by atoms with E-state index in [2.05, 4.69) is 0 Å². The largest absolute Gasteiger partial charge is 0.467 e. The van der Waals surface area contributed by atoms with Crippen LogP contribution in [-0.4, -0.2) is 5.11 Å². The van der Waals surface area contributed by atoms with Crippen LogP contribution in [0.2, 0.25) is 0 Å². The molecule has 0 aliphatic rings. The van der Waals surface area contributed by atoms with E-state index in [9.17, 15) is 0 Å². The van der Waals surface area contributed by atoms with Crippen molar-refractivity contribution < 1.29 is 14.2 Å². The van der Waals surface area contributed by atoms with Gasteiger partial charge in [0.15, 0.2) is 0 Å². The van der Waals surface area contributed by atoms with E-state index in [4.69, 9.17) is 9.52 Å². The van der Waals surface area contributed by atoms with Crippen molar-refractivity contribution in [3.8, 4) is 0 Å². The number of aliphatic hydroxyl groups excluding tert-OH is 1. The molecular weight excluding hydrogens is 111 g/mol. The first-order valence-electron chi connectivity index (χ1n) is 2.06. The van der Waals surface area contributed by atoms with E-state index >= 15 is 0 Å². The van der Waals surface area contributed by atoms with Crippen molar-refractivity contribution >= 4 is 0 Å². The van der Waals surface area contributed by atoms with Gasteiger partial charge in [0.25, 0.3) is 0 Å². The Balaban J connectivity index is 0.000000490. The molecule has 1 N–H and O–H groups in total. The molecule has 0 saturated carbocycles. The molecule has 8 heavy (non-hydrogen) atoms. The van der Waals surface area contributed by atoms with Crippen molar-refractivity contribution in [1.29, 1.82) is 0 Å². The lowest BCUT2D eigenvalue weighted by molar-refractivity contribution is 0.247. The summed E-state index contributed by atoms with van der Waals surface area (Å²) in [5.74, 6) is 0.611. The predicted molar refractivity (Wildman–Crippen MR) is 27.1 cm³/mol. The van der Waals surface area contributed by atoms with Crippen LogP contribution in [0.4, 0.5) is 4.70 Å². The Morgan fingerprint density at radius 1 is 1.62 bits per heavy atom. The van der Waals surface area contributed by atoms with Crippen LogP contribution in [0.15, 0.2) is 22.8 Å². The fourth-order valence-electron chi connectivity index (χ4n) is 0.403. The summed E-state index contributed by atoms with van der Waals surface area (Å²) in [6.45, 7) is -0.00694. The molecule has 0 atom stereocenters. The Labute approximate surface area is 46.1 Å². The smallest absolute Gasteiger partial charge is 0.129 e. The maximum Gasteiger partial charge on any atom is 0.129 e. The monoisotopic (exact) mass is 118 g/mol. The Kier molecular flexibility index (Phi) is 2.88. The number of hydrogen-bond donors (Lipinski definition) is 1. The van der Waals surface area contributed by atoms with E-state index < -0.39 is 0 Å². The van der Waals surface area contributed by atoms with Gasteiger partial charge in [0, 0.05) is 0 Å². The van der Waals surface area contributed by atoms with Crippen LogP contribution in [0.25, 0.3) is 0 Å². The maximum atomic E-state index is 8.33. The average Bonchev–Trinajstić information content (AvgIpc) is 2.14. The van der Waals surface area contributed by atoms with Crippen molar-refractivity contribution in [3.63, 3.8) is 0 Å². The van der Waals surface area contributed by atoms with Gasteiger partial charge in [-0.1, -0.05) is 0 Å². The molecule has 0 fully saturated rings. The molecule has 2 nitrogen and oxygen atoms in total. The quantitative estimate of drug-likeness (QED) is 0.595. The highest BCUT2D eigenvalue weighted by atomic mass is 19.0. The van der Waals surface area contributed by atoms with Gasteiger partial charge in [0.2, 0.25) is 0 Å². The summed E-state index contributed by atoms with van der Waals surface area (Å²) >= 11 is 0. The highest BCUT2D eigenvalue weighted by Crippen LogP contribution is 1.96. The summed E-state index contributed by atoms with van der Waals surface area (Å²) in [5, 5.41) is 8.33. The third-order valence-corrected chi connectivity index (χ3v) is 0.736. The van der Waals surface area contributed by atoms with Gasteiger partial charge in [-0.05, 0) is 12.1 Å². The molecule has 1 heterocycles. The molecule has 1 aromatic rings. The minimum absolute atomic E-state index is 0. The van der Waals surface area contributed by atoms with Crippen LogP contribution in [0.3, 0.4) is 0 Å². The number of rotatable bonds is 1. The fourth-order valence-corrected chi connectivity index (χ4v) is 0.403. The lowest BCUT2D eigenvalue weighted by atomic mass is 10.5. The zero-order chi connectivity index (χ0) is 5.11. The average molecular weight is 118 g/mol. The van der Waals surface area contributed by atoms with Crippen LogP contribution in [0.1, 0.15) is 5.76 Å². The van der Waals surface area contributed by atoms with Gasteiger partial charge >= 0.3 is 0 Å². The van der Waals surface area contributed by atoms with Gasteiger partial charge in [0.1, 0.15) is 12.4 Å². The maximum absolute atomic E-state index is 8.33. The molecule has 0 unspecified atom stereocenters. The number of halogens is 1. The first-order chi connectivity index (χ1) is 3.43. The topological polar surface area (TPSA) is 33.4 Å². The fraction of sp³-hybridized carbons (Fsp3) is 0.200. The van der Waals surface area contributed by atoms with Gasteiger partial charge in [-0.3, -0.25) is 4.70 Å². The van der Waals surface area contributed by atoms with Crippen molar-refractivity contribution in [2.24, 2.45) is 0 Å². The van der Waals surface area contributed by atoms with Crippen LogP contribution in [0, 0.1) is 0 Å². The minimum atomic E-state index is -0.00694. The summed E-state index contributed by atoms with van der Waals surface area (Å²) in [7, 11) is 0. The molecule has 0 aromatic carbocycles. The molecule has 46 valence electrons. The van der Waals surface area contributed by atoms with Crippen LogP contribution < -0.4 is 0 Å². The summed E-state index contributed by atoms with van der Waals surface area (Å²) < 4.78 is 4.73. The van der Waals surface area contributed by atoms with Gasteiger partial charge < -0.3 is 9.52 Å². The van der Waals surface area contributed by atoms with E-state index in [-0.39, 0.29) is 11.3 Å². The molecule has 3 heteroatoms. The van der Waals surface area contributed by atoms with E-state index in [0.29, 0.717) is 5.76 Å². The highest BCUT2D eigenvalue weighted by molar-refractivity contribution is 4.95. The van der Waals surface area contributed by atoms with Crippen molar-refractivity contribution in [2.75, 3.05) is 0 Å². The Hall–Kier alpha value is -0.830. The second-order valence-corrected chi connectivity index (χ2v) is 1.24. The standard InChI is InChI=1S/C5H6O2.FH/c6-4-5-2-1-3-7-5;/h1-3,6H,4H2;1H. The normalized spacial score (nSPS) is 8.12. The molecule has 0 spiro atoms. The molecule has 1 rings (SSSR count). The van der Waals surface area contributed by atoms with Crippen molar-refractivity contribution in [1.82, 2.24) is 0 Å². The van der Waals surface area contributed by atoms with Crippen molar-refractivity contribution in [2.45, 2.75) is 6.61 Å². The van der Waals surface area contributed by atoms with Gasteiger partial charge in [-0.25, -0.2) is 0 Å². The lowest BCUT2D eigenvalue weighted by Crippen LogP contribution is -1.72. The molecule has 0 aliphatic heterocycles. The molecule has 0 amide bonds. The second-order valence-electron chi connectivity index (χ2n) is 1.24. The van der Waals surface area contributed by atoms with E-state index in [1.165, 1.54) is 6.26 Å². The predicted octanol–water partition coefficient (Wildman–Crippen LogP) is 0.924. The summed E-state index contributed by atoms with van der Waals surface area (Å²) in [4.78, 5) is 0. The van der Waals surface area contributed by atoms with Crippen LogP contribution >= 0.6 is 0 Å². The van der Waals surface area contributed by atoms with Crippen LogP contribution in [0.5, 0.6) is 0 Å². The molecule has 0 radical (unpaired) electrons. The van der Waals surface area contributed by atoms with E-state index in [1.807, 2.05) is 0 Å². The van der Waals surface area contributed by atoms with E-state index in [1.54, 1.807) is 12.1 Å². The molecular formula is C5H7FO2. The molecule has 0 saturated heterocycles. The third-order valence-electron chi connectivity index (χ3n) is 0.736. The zero-order valence-corrected chi connectivity index (χ0v) is 4.20. The summed E-state index contributed by atoms with van der Waals surface area (Å²) in [6, 6.07) is 3.46. The number of hydrogen-bond acceptors (Lipinski definition) is 2. The molecule has 0 bridgehead atoms. The van der Waals surface area contributed by atoms with Gasteiger partial charge in [-0.2, -0.15) is 0 Å². The van der Waals surface area contributed by atoms with Crippen LogP contribution in [-0.2, 0) is 6.61 Å². The SMILES string of the molecule is F.OCc1ccco1.